The summed E-state index contributed by atoms with van der Waals surface area (Å²) in [5.41, 5.74) is 0. The number of amides is 3. The van der Waals surface area contributed by atoms with E-state index in [0.717, 1.165) is 20.8 Å². The molecule has 8 rings (SSSR count). The van der Waals surface area contributed by atoms with Crippen molar-refractivity contribution in [3.8, 4) is 0 Å². The second-order valence-corrected chi connectivity index (χ2v) is 27.2. The molecule has 29 N–H and O–H groups in total. The fourth-order valence-corrected chi connectivity index (χ4v) is 13.6. The van der Waals surface area contributed by atoms with Crippen molar-refractivity contribution in [1.29, 1.82) is 0 Å². The second-order valence-electron chi connectivity index (χ2n) is 27.2. The van der Waals surface area contributed by atoms with Gasteiger partial charge < -0.3 is 225 Å². The zero-order valence-electron chi connectivity index (χ0n) is 58.2. The molecule has 0 unspecified atom stereocenters. The number of nitrogens with one attached hydrogen (secondary N) is 3. The highest BCUT2D eigenvalue weighted by atomic mass is 16.8. The molecule has 0 aliphatic carbocycles. The predicted molar refractivity (Wildman–Crippen MR) is 333 cm³/mol. The summed E-state index contributed by atoms with van der Waals surface area (Å²) in [6.07, 6.45) is -85.5. The van der Waals surface area contributed by atoms with Gasteiger partial charge in [0, 0.05) is 20.8 Å². The Hall–Kier alpha value is -3.27. The Labute approximate surface area is 612 Å². The molecule has 8 aliphatic rings. The fourth-order valence-electron chi connectivity index (χ4n) is 13.6. The normalized spacial score (nSPS) is 47.3. The Balaban J connectivity index is 1.14. The Morgan fingerprint density at radius 3 is 1.03 bits per heavy atom. The molecule has 8 aliphatic heterocycles. The molecule has 0 aromatic carbocycles. The number of aliphatic hydroxyl groups excluding tert-OH is 26. The monoisotopic (exact) mass is 1590 g/mol. The number of hydrogen-bond donors (Lipinski definition) is 29. The number of ether oxygens (including phenoxy) is 16. The first kappa shape index (κ1) is 90.3. The summed E-state index contributed by atoms with van der Waals surface area (Å²) in [6.45, 7) is -6.21. The molecule has 8 saturated heterocycles. The molecular weight excluding hydrogens is 1480 g/mol. The van der Waals surface area contributed by atoms with Crippen LogP contribution < -0.4 is 16.0 Å². The topological polar surface area (TPSA) is 761 Å². The first-order chi connectivity index (χ1) is 51.0. The molecule has 0 bridgehead atoms. The van der Waals surface area contributed by atoms with E-state index in [0.29, 0.717) is 0 Å². The summed E-state index contributed by atoms with van der Waals surface area (Å²) in [6, 6.07) is -5.80. The van der Waals surface area contributed by atoms with Crippen LogP contribution in [0.2, 0.25) is 0 Å². The molecule has 48 heteroatoms. The minimum absolute atomic E-state index is 0.918. The molecular formula is C60H103N3O45. The minimum atomic E-state index is -2.50. The SMILES string of the molecule is CC(=O)N[C@H]1[C@H](OC[C@H]2O[C@@H](O[C@@H]([C@H](O)[C@@H](O)CO)[C@H](O)CO)[C@H](O)[C@@H](O[C@@H]3O[C@H](CO)[C@@H](O)[C@H](O[C@@H]4O[C@H](CO)[C@H](O)[C@H](O)[C@H]4O)[C@H]3NC(C)=O)[C@H]2O)O[C@H](CO)[C@@H](O[C@@H]2O[C@H](CO)[C@H](O)[C@H](O[C@@H]3O[C@H](CO)[C@@H](O)[C@H](O[C@@H]4O[C@H](CO)[C@H](O)[C@H](O)[C@H]4O)[C@H]3NC(C)=O)[C@H]2O)[C@@H]1O[C@@H]1O[C@@H](C)[C@@H](O)[C@@H](O)[C@@H]1O. The quantitative estimate of drug-likeness (QED) is 0.0306. The van der Waals surface area contributed by atoms with Crippen molar-refractivity contribution in [1.82, 2.24) is 16.0 Å². The minimum Gasteiger partial charge on any atom is -0.394 e. The van der Waals surface area contributed by atoms with E-state index in [4.69, 9.17) is 75.8 Å². The van der Waals surface area contributed by atoms with Gasteiger partial charge in [0.05, 0.1) is 65.6 Å². The Bertz CT molecular complexity index is 2770. The van der Waals surface area contributed by atoms with Crippen LogP contribution in [0.1, 0.15) is 27.7 Å². The second kappa shape index (κ2) is 39.9. The molecule has 628 valence electrons. The van der Waals surface area contributed by atoms with Gasteiger partial charge >= 0.3 is 0 Å². The van der Waals surface area contributed by atoms with Crippen LogP contribution in [-0.4, -0.2) is 480 Å². The predicted octanol–water partition coefficient (Wildman–Crippen LogP) is -19.5. The van der Waals surface area contributed by atoms with Crippen LogP contribution in [0.4, 0.5) is 0 Å². The van der Waals surface area contributed by atoms with Gasteiger partial charge in [0.25, 0.3) is 0 Å². The average molecular weight is 1590 g/mol. The van der Waals surface area contributed by atoms with Gasteiger partial charge in [-0.05, 0) is 6.92 Å². The maximum atomic E-state index is 13.5. The van der Waals surface area contributed by atoms with E-state index in [1.54, 1.807) is 0 Å². The Morgan fingerprint density at radius 2 is 0.620 bits per heavy atom. The van der Waals surface area contributed by atoms with Crippen LogP contribution >= 0.6 is 0 Å². The highest BCUT2D eigenvalue weighted by molar-refractivity contribution is 5.74. The molecule has 0 radical (unpaired) electrons. The molecule has 44 atom stereocenters. The van der Waals surface area contributed by atoms with Gasteiger partial charge in [0.2, 0.25) is 17.7 Å². The largest absolute Gasteiger partial charge is 0.394 e. The average Bonchev–Trinajstić information content (AvgIpc) is 0.756. The molecule has 8 fully saturated rings. The van der Waals surface area contributed by atoms with Crippen molar-refractivity contribution in [3.63, 3.8) is 0 Å². The molecule has 0 aromatic rings. The third-order valence-electron chi connectivity index (χ3n) is 19.6. The zero-order valence-corrected chi connectivity index (χ0v) is 58.2. The van der Waals surface area contributed by atoms with Gasteiger partial charge in [-0.25, -0.2) is 0 Å². The first-order valence-corrected chi connectivity index (χ1v) is 34.4. The third kappa shape index (κ3) is 20.1. The van der Waals surface area contributed by atoms with Crippen molar-refractivity contribution < 1.29 is 223 Å². The molecule has 48 nitrogen and oxygen atoms in total. The van der Waals surface area contributed by atoms with Crippen molar-refractivity contribution in [2.75, 3.05) is 59.5 Å². The van der Waals surface area contributed by atoms with Gasteiger partial charge in [-0.1, -0.05) is 0 Å². The number of rotatable bonds is 31. The Kier molecular flexibility index (Phi) is 33.3. The van der Waals surface area contributed by atoms with E-state index in [9.17, 15) is 147 Å². The van der Waals surface area contributed by atoms with Crippen molar-refractivity contribution in [2.24, 2.45) is 0 Å². The lowest BCUT2D eigenvalue weighted by Gasteiger charge is -2.51. The van der Waals surface area contributed by atoms with Gasteiger partial charge in [-0.2, -0.15) is 0 Å². The summed E-state index contributed by atoms with van der Waals surface area (Å²) >= 11 is 0. The number of hydrogen-bond acceptors (Lipinski definition) is 45. The molecule has 0 saturated carbocycles. The summed E-state index contributed by atoms with van der Waals surface area (Å²) in [5.74, 6) is -2.89. The van der Waals surface area contributed by atoms with Gasteiger partial charge in [0.1, 0.15) is 213 Å². The van der Waals surface area contributed by atoms with E-state index in [-0.39, 0.29) is 0 Å². The summed E-state index contributed by atoms with van der Waals surface area (Å²) < 4.78 is 95.2. The van der Waals surface area contributed by atoms with Crippen molar-refractivity contribution in [3.05, 3.63) is 0 Å². The van der Waals surface area contributed by atoms with Gasteiger partial charge in [-0.3, -0.25) is 14.4 Å². The van der Waals surface area contributed by atoms with E-state index in [1.807, 2.05) is 0 Å². The molecule has 108 heavy (non-hydrogen) atoms. The zero-order chi connectivity index (χ0) is 79.9. The maximum absolute atomic E-state index is 13.5. The van der Waals surface area contributed by atoms with Crippen LogP contribution in [0.25, 0.3) is 0 Å². The standard InChI is InChI=1S/C60H103N3O45/c1-14-30(77)38(85)41(88)56(94-14)106-50-29(63-17(4)74)53(100-25(12-71)47(50)103-59-44(91)51(36(83)24(11-70)99-59)107-54-27(61-15(2)72)48(34(81)22(9-68)95-54)104-57-42(89)39(86)32(79)20(7-66)97-57)93-13-26-37(84)52(45(92)60(101-26)102-46(19(76)6-65)31(78)18(75)5-64)108-55-28(62-16(3)73)49(35(82)23(10-69)96-55)105-58-43(90)40(87)33(80)21(8-67)98-58/h14,18-60,64-71,75-92H,5-13H2,1-4H3,(H,61,72)(H,62,73)(H,63,74)/t14-,18-,19+,20+,21+,22+,23+,24+,25+,26+,27+,28+,29+,30+,31+,32-,33-,34+,35+,36-,37-,38+,39-,40-,41-,42+,43+,44+,45+,46+,47+,48+,49+,50+,51-,52-,53+,54-,55-,56-,57-,58-,59-,60-/m0/s1. The lowest BCUT2D eigenvalue weighted by Crippen LogP contribution is -2.71. The van der Waals surface area contributed by atoms with E-state index in [2.05, 4.69) is 16.0 Å². The number of aliphatic hydroxyl groups is 26. The van der Waals surface area contributed by atoms with Crippen LogP contribution in [0, 0.1) is 0 Å². The molecule has 8 heterocycles. The smallest absolute Gasteiger partial charge is 0.217 e. The van der Waals surface area contributed by atoms with Crippen molar-refractivity contribution >= 4 is 17.7 Å². The number of carbonyl (C=O) groups excluding carboxylic acids is 3. The summed E-state index contributed by atoms with van der Waals surface area (Å²) in [5, 5.41) is 291. The lowest BCUT2D eigenvalue weighted by molar-refractivity contribution is -0.390. The van der Waals surface area contributed by atoms with Crippen molar-refractivity contribution in [2.45, 2.75) is 298 Å². The summed E-state index contributed by atoms with van der Waals surface area (Å²) in [7, 11) is 0. The highest BCUT2D eigenvalue weighted by Gasteiger charge is 2.61. The fraction of sp³-hybridized carbons (Fsp3) is 0.950. The highest BCUT2D eigenvalue weighted by Crippen LogP contribution is 2.40. The van der Waals surface area contributed by atoms with Crippen LogP contribution in [0.5, 0.6) is 0 Å². The molecule has 3 amide bonds. The van der Waals surface area contributed by atoms with E-state index >= 15 is 0 Å². The van der Waals surface area contributed by atoms with Gasteiger partial charge in [-0.15, -0.1) is 0 Å². The summed E-state index contributed by atoms with van der Waals surface area (Å²) in [4.78, 5) is 39.4. The van der Waals surface area contributed by atoms with E-state index < -0.39 is 347 Å². The third-order valence-corrected chi connectivity index (χ3v) is 19.6. The first-order valence-electron chi connectivity index (χ1n) is 34.4. The van der Waals surface area contributed by atoms with Crippen LogP contribution in [0.3, 0.4) is 0 Å². The van der Waals surface area contributed by atoms with E-state index in [1.165, 1.54) is 6.92 Å². The lowest BCUT2D eigenvalue weighted by atomic mass is 9.93. The Morgan fingerprint density at radius 1 is 0.315 bits per heavy atom. The van der Waals surface area contributed by atoms with Crippen LogP contribution in [0.15, 0.2) is 0 Å². The maximum Gasteiger partial charge on any atom is 0.217 e. The van der Waals surface area contributed by atoms with Crippen LogP contribution in [-0.2, 0) is 90.2 Å². The molecule has 0 aromatic heterocycles. The van der Waals surface area contributed by atoms with Gasteiger partial charge in [0.15, 0.2) is 50.3 Å². The number of carbonyl (C=O) groups is 3. The molecule has 0 spiro atoms.